The molecular formula is C15H9BrNO2-. The number of benzene rings is 2. The van der Waals surface area contributed by atoms with Crippen LogP contribution in [0.1, 0.15) is 20.7 Å². The molecule has 19 heavy (non-hydrogen) atoms. The number of carbonyl (C=O) groups excluding carboxylic acids is 2. The van der Waals surface area contributed by atoms with Crippen LogP contribution < -0.4 is 0 Å². The van der Waals surface area contributed by atoms with Gasteiger partial charge in [-0.1, -0.05) is 58.4 Å². The number of Topliss-reactive ketones (excluding diaryl/α,β-unsaturated/α-hetero) is 2. The van der Waals surface area contributed by atoms with Crippen molar-refractivity contribution in [1.29, 1.82) is 5.26 Å². The van der Waals surface area contributed by atoms with Crippen molar-refractivity contribution in [2.24, 2.45) is 0 Å². The molecule has 0 aliphatic carbocycles. The van der Waals surface area contributed by atoms with Crippen LogP contribution in [0.25, 0.3) is 0 Å². The lowest BCUT2D eigenvalue weighted by atomic mass is 10.0. The Labute approximate surface area is 119 Å². The van der Waals surface area contributed by atoms with Crippen molar-refractivity contribution >= 4 is 27.5 Å². The highest BCUT2D eigenvalue weighted by Gasteiger charge is 2.19. The summed E-state index contributed by atoms with van der Waals surface area (Å²) in [7, 11) is 0. The fourth-order valence-corrected chi connectivity index (χ4v) is 1.95. The topological polar surface area (TPSA) is 57.9 Å². The Kier molecular flexibility index (Phi) is 5.65. The standard InChI is InChI=1S/C14H9BrO2.CN/c15-12-9-5-4-8-11(12)14(17)13(16)10-6-2-1-3-7-10;1-2/h1-9H;/q;-1. The first-order valence-corrected chi connectivity index (χ1v) is 6.10. The van der Waals surface area contributed by atoms with Crippen LogP contribution in [-0.2, 0) is 0 Å². The summed E-state index contributed by atoms with van der Waals surface area (Å²) in [6.07, 6.45) is 0. The molecule has 0 atom stereocenters. The van der Waals surface area contributed by atoms with Gasteiger partial charge in [0.05, 0.1) is 0 Å². The van der Waals surface area contributed by atoms with Crippen molar-refractivity contribution in [1.82, 2.24) is 0 Å². The highest BCUT2D eigenvalue weighted by atomic mass is 79.9. The fourth-order valence-electron chi connectivity index (χ4n) is 1.49. The van der Waals surface area contributed by atoms with E-state index in [1.165, 1.54) is 0 Å². The lowest BCUT2D eigenvalue weighted by Crippen LogP contribution is -2.14. The summed E-state index contributed by atoms with van der Waals surface area (Å²) in [5.74, 6) is -0.985. The minimum Gasteiger partial charge on any atom is -0.512 e. The van der Waals surface area contributed by atoms with Crippen LogP contribution in [0.3, 0.4) is 0 Å². The van der Waals surface area contributed by atoms with E-state index >= 15 is 0 Å². The predicted octanol–water partition coefficient (Wildman–Crippen LogP) is 3.61. The van der Waals surface area contributed by atoms with Crippen molar-refractivity contribution in [2.75, 3.05) is 0 Å². The Balaban J connectivity index is 0.000000861. The van der Waals surface area contributed by atoms with E-state index in [1.807, 2.05) is 0 Å². The van der Waals surface area contributed by atoms with Gasteiger partial charge in [-0.2, -0.15) is 0 Å². The van der Waals surface area contributed by atoms with Crippen LogP contribution in [0.2, 0.25) is 0 Å². The predicted molar refractivity (Wildman–Crippen MR) is 74.2 cm³/mol. The number of hydrogen-bond donors (Lipinski definition) is 0. The van der Waals surface area contributed by atoms with Crippen molar-refractivity contribution in [3.05, 3.63) is 76.8 Å². The van der Waals surface area contributed by atoms with Gasteiger partial charge >= 0.3 is 0 Å². The van der Waals surface area contributed by atoms with Gasteiger partial charge in [0.1, 0.15) is 0 Å². The first kappa shape index (κ1) is 14.8. The van der Waals surface area contributed by atoms with Gasteiger partial charge < -0.3 is 11.8 Å². The SMILES string of the molecule is O=C(C(=O)c1ccccc1Br)c1ccccc1.[C-]#N. The second-order valence-corrected chi connectivity index (χ2v) is 4.36. The quantitative estimate of drug-likeness (QED) is 0.494. The smallest absolute Gasteiger partial charge is 0.234 e. The fraction of sp³-hybridized carbons (Fsp3) is 0. The zero-order valence-electron chi connectivity index (χ0n) is 9.84. The molecule has 2 aromatic rings. The molecule has 0 aliphatic rings. The number of hydrogen-bond acceptors (Lipinski definition) is 3. The molecule has 2 aromatic carbocycles. The third-order valence-electron chi connectivity index (χ3n) is 2.36. The molecule has 0 amide bonds. The molecule has 94 valence electrons. The summed E-state index contributed by atoms with van der Waals surface area (Å²) in [6.45, 7) is 4.75. The molecule has 0 spiro atoms. The third-order valence-corrected chi connectivity index (χ3v) is 3.05. The van der Waals surface area contributed by atoms with E-state index in [1.54, 1.807) is 54.6 Å². The zero-order valence-corrected chi connectivity index (χ0v) is 11.4. The van der Waals surface area contributed by atoms with Gasteiger partial charge in [0.25, 0.3) is 0 Å². The van der Waals surface area contributed by atoms with Crippen molar-refractivity contribution < 1.29 is 9.59 Å². The minimum atomic E-state index is -0.497. The molecule has 0 unspecified atom stereocenters. The monoisotopic (exact) mass is 314 g/mol. The Morgan fingerprint density at radius 1 is 0.842 bits per heavy atom. The number of halogens is 1. The molecule has 0 aliphatic heterocycles. The van der Waals surface area contributed by atoms with E-state index in [0.717, 1.165) is 0 Å². The maximum atomic E-state index is 12.0. The zero-order chi connectivity index (χ0) is 14.3. The normalized spacial score (nSPS) is 9.00. The number of carbonyl (C=O) groups is 2. The summed E-state index contributed by atoms with van der Waals surface area (Å²) in [5.41, 5.74) is 0.801. The summed E-state index contributed by atoms with van der Waals surface area (Å²) in [6, 6.07) is 15.5. The van der Waals surface area contributed by atoms with Crippen molar-refractivity contribution in [3.8, 4) is 0 Å². The molecular weight excluding hydrogens is 306 g/mol. The third kappa shape index (κ3) is 3.60. The van der Waals surface area contributed by atoms with Gasteiger partial charge in [-0.25, -0.2) is 0 Å². The van der Waals surface area contributed by atoms with Crippen molar-refractivity contribution in [2.45, 2.75) is 0 Å². The van der Waals surface area contributed by atoms with Gasteiger partial charge in [-0.15, -0.1) is 0 Å². The average Bonchev–Trinajstić information content (AvgIpc) is 2.49. The van der Waals surface area contributed by atoms with E-state index in [9.17, 15) is 9.59 Å². The maximum absolute atomic E-state index is 12.0. The first-order valence-electron chi connectivity index (χ1n) is 5.31. The van der Waals surface area contributed by atoms with E-state index in [-0.39, 0.29) is 0 Å². The van der Waals surface area contributed by atoms with Gasteiger partial charge in [-0.05, 0) is 12.1 Å². The molecule has 3 nitrogen and oxygen atoms in total. The van der Waals surface area contributed by atoms with E-state index in [4.69, 9.17) is 11.8 Å². The summed E-state index contributed by atoms with van der Waals surface area (Å²) >= 11 is 3.26. The van der Waals surface area contributed by atoms with Crippen LogP contribution in [0.4, 0.5) is 0 Å². The Morgan fingerprint density at radius 3 is 1.95 bits per heavy atom. The van der Waals surface area contributed by atoms with Gasteiger partial charge in [0, 0.05) is 15.6 Å². The molecule has 0 saturated carbocycles. The molecule has 0 bridgehead atoms. The summed E-state index contributed by atoms with van der Waals surface area (Å²) in [4.78, 5) is 23.9. The molecule has 0 fully saturated rings. The van der Waals surface area contributed by atoms with E-state index in [0.29, 0.717) is 15.6 Å². The second kappa shape index (κ2) is 7.24. The summed E-state index contributed by atoms with van der Waals surface area (Å²) in [5, 5.41) is 6.25. The molecule has 4 heteroatoms. The van der Waals surface area contributed by atoms with Crippen LogP contribution in [0.15, 0.2) is 59.1 Å². The highest BCUT2D eigenvalue weighted by Crippen LogP contribution is 2.18. The average molecular weight is 315 g/mol. The lowest BCUT2D eigenvalue weighted by Gasteiger charge is -2.02. The van der Waals surface area contributed by atoms with Crippen LogP contribution >= 0.6 is 15.9 Å². The Morgan fingerprint density at radius 2 is 1.37 bits per heavy atom. The largest absolute Gasteiger partial charge is 0.512 e. The van der Waals surface area contributed by atoms with Crippen LogP contribution in [0, 0.1) is 11.8 Å². The molecule has 0 radical (unpaired) electrons. The molecule has 0 aromatic heterocycles. The van der Waals surface area contributed by atoms with Gasteiger partial charge in [0.2, 0.25) is 11.6 Å². The molecule has 0 saturated heterocycles. The number of ketones is 2. The number of nitrogens with zero attached hydrogens (tertiary/aromatic N) is 1. The van der Waals surface area contributed by atoms with E-state index < -0.39 is 11.6 Å². The minimum absolute atomic E-state index is 0.390. The number of rotatable bonds is 3. The highest BCUT2D eigenvalue weighted by molar-refractivity contribution is 9.10. The van der Waals surface area contributed by atoms with Crippen LogP contribution in [-0.4, -0.2) is 11.6 Å². The van der Waals surface area contributed by atoms with Crippen LogP contribution in [0.5, 0.6) is 0 Å². The second-order valence-electron chi connectivity index (χ2n) is 3.50. The van der Waals surface area contributed by atoms with Gasteiger partial charge in [-0.3, -0.25) is 9.59 Å². The molecule has 0 N–H and O–H groups in total. The molecule has 2 rings (SSSR count). The molecule has 0 heterocycles. The Bertz CT molecular complexity index is 606. The van der Waals surface area contributed by atoms with Gasteiger partial charge in [0.15, 0.2) is 0 Å². The Hall–Kier alpha value is -2.25. The van der Waals surface area contributed by atoms with E-state index in [2.05, 4.69) is 15.9 Å². The maximum Gasteiger partial charge on any atom is 0.234 e. The lowest BCUT2D eigenvalue weighted by molar-refractivity contribution is 0.0816. The first-order chi connectivity index (χ1) is 9.20. The summed E-state index contributed by atoms with van der Waals surface area (Å²) < 4.78 is 0.634. The van der Waals surface area contributed by atoms with Crippen molar-refractivity contribution in [3.63, 3.8) is 0 Å².